The number of rotatable bonds is 4. The van der Waals surface area contributed by atoms with Crippen LogP contribution in [-0.2, 0) is 6.54 Å². The molecule has 0 spiro atoms. The van der Waals surface area contributed by atoms with E-state index in [9.17, 15) is 0 Å². The van der Waals surface area contributed by atoms with Gasteiger partial charge in [0, 0.05) is 23.2 Å². The minimum Gasteiger partial charge on any atom is -0.305 e. The predicted molar refractivity (Wildman–Crippen MR) is 58.1 cm³/mol. The van der Waals surface area contributed by atoms with Gasteiger partial charge in [0.2, 0.25) is 0 Å². The highest BCUT2D eigenvalue weighted by atomic mass is 32.1. The lowest BCUT2D eigenvalue weighted by atomic mass is 10.0. The molecule has 0 aliphatic rings. The van der Waals surface area contributed by atoms with E-state index >= 15 is 0 Å². The minimum absolute atomic E-state index is 0.222. The van der Waals surface area contributed by atoms with E-state index in [1.807, 2.05) is 6.92 Å². The fourth-order valence-corrected chi connectivity index (χ4v) is 1.64. The van der Waals surface area contributed by atoms with Crippen LogP contribution in [0, 0.1) is 6.92 Å². The zero-order valence-corrected chi connectivity index (χ0v) is 9.66. The van der Waals surface area contributed by atoms with Crippen LogP contribution < -0.4 is 5.32 Å². The highest BCUT2D eigenvalue weighted by molar-refractivity contribution is 7.09. The average molecular weight is 198 g/mol. The third kappa shape index (κ3) is 3.44. The Kier molecular flexibility index (Phi) is 3.45. The monoisotopic (exact) mass is 198 g/mol. The van der Waals surface area contributed by atoms with Gasteiger partial charge in [0.15, 0.2) is 0 Å². The van der Waals surface area contributed by atoms with Crippen LogP contribution in [0.15, 0.2) is 5.38 Å². The van der Waals surface area contributed by atoms with Gasteiger partial charge < -0.3 is 5.32 Å². The van der Waals surface area contributed by atoms with Gasteiger partial charge in [-0.2, -0.15) is 0 Å². The van der Waals surface area contributed by atoms with Gasteiger partial charge in [0.1, 0.15) is 5.01 Å². The van der Waals surface area contributed by atoms with Crippen LogP contribution in [0.3, 0.4) is 0 Å². The molecule has 2 nitrogen and oxygen atoms in total. The van der Waals surface area contributed by atoms with Crippen LogP contribution in [0.2, 0.25) is 0 Å². The first kappa shape index (κ1) is 10.7. The number of hydrogen-bond donors (Lipinski definition) is 1. The average Bonchev–Trinajstić information content (AvgIpc) is 2.48. The van der Waals surface area contributed by atoms with E-state index in [1.165, 1.54) is 5.01 Å². The fraction of sp³-hybridized carbons (Fsp3) is 0.700. The second-order valence-corrected chi connectivity index (χ2v) is 4.92. The molecule has 74 valence electrons. The Bertz CT molecular complexity index is 266. The topological polar surface area (TPSA) is 24.9 Å². The first-order valence-corrected chi connectivity index (χ1v) is 5.57. The summed E-state index contributed by atoms with van der Waals surface area (Å²) in [6.07, 6.45) is 1.14. The third-order valence-electron chi connectivity index (χ3n) is 2.27. The Morgan fingerprint density at radius 2 is 2.23 bits per heavy atom. The molecule has 0 radical (unpaired) electrons. The lowest BCUT2D eigenvalue weighted by Gasteiger charge is -2.23. The van der Waals surface area contributed by atoms with Gasteiger partial charge in [0.05, 0.1) is 0 Å². The van der Waals surface area contributed by atoms with E-state index < -0.39 is 0 Å². The Balaban J connectivity index is 2.43. The molecular weight excluding hydrogens is 180 g/mol. The van der Waals surface area contributed by atoms with Crippen LogP contribution in [0.5, 0.6) is 0 Å². The SMILES string of the molecule is CCC(C)(C)NCc1nc(C)cs1. The van der Waals surface area contributed by atoms with Crippen LogP contribution >= 0.6 is 11.3 Å². The molecule has 3 heteroatoms. The number of aryl methyl sites for hydroxylation is 1. The van der Waals surface area contributed by atoms with Crippen molar-refractivity contribution in [2.75, 3.05) is 0 Å². The van der Waals surface area contributed by atoms with E-state index in [0.717, 1.165) is 18.7 Å². The van der Waals surface area contributed by atoms with Crippen molar-refractivity contribution in [3.05, 3.63) is 16.1 Å². The lowest BCUT2D eigenvalue weighted by Crippen LogP contribution is -2.37. The summed E-state index contributed by atoms with van der Waals surface area (Å²) in [4.78, 5) is 4.40. The Labute approximate surface area is 84.4 Å². The smallest absolute Gasteiger partial charge is 0.107 e. The van der Waals surface area contributed by atoms with Gasteiger partial charge in [-0.15, -0.1) is 11.3 Å². The molecule has 1 aromatic heterocycles. The van der Waals surface area contributed by atoms with Crippen molar-refractivity contribution < 1.29 is 0 Å². The predicted octanol–water partition coefficient (Wildman–Crippen LogP) is 2.73. The minimum atomic E-state index is 0.222. The summed E-state index contributed by atoms with van der Waals surface area (Å²) in [6.45, 7) is 9.55. The molecule has 0 aliphatic carbocycles. The Hall–Kier alpha value is -0.410. The molecule has 1 aromatic rings. The van der Waals surface area contributed by atoms with Crippen molar-refractivity contribution in [3.8, 4) is 0 Å². The van der Waals surface area contributed by atoms with Crippen LogP contribution in [0.25, 0.3) is 0 Å². The lowest BCUT2D eigenvalue weighted by molar-refractivity contribution is 0.374. The molecule has 0 atom stereocenters. The Morgan fingerprint density at radius 3 is 2.69 bits per heavy atom. The highest BCUT2D eigenvalue weighted by Crippen LogP contribution is 2.12. The molecule has 1 heterocycles. The summed E-state index contributed by atoms with van der Waals surface area (Å²) in [7, 11) is 0. The van der Waals surface area contributed by atoms with Gasteiger partial charge in [-0.1, -0.05) is 6.92 Å². The number of nitrogens with zero attached hydrogens (tertiary/aromatic N) is 1. The first-order valence-electron chi connectivity index (χ1n) is 4.69. The van der Waals surface area contributed by atoms with E-state index in [4.69, 9.17) is 0 Å². The molecule has 0 unspecified atom stereocenters. The molecule has 0 aliphatic heterocycles. The van der Waals surface area contributed by atoms with Crippen molar-refractivity contribution in [1.29, 1.82) is 0 Å². The molecule has 13 heavy (non-hydrogen) atoms. The number of hydrogen-bond acceptors (Lipinski definition) is 3. The van der Waals surface area contributed by atoms with Crippen molar-refractivity contribution in [2.24, 2.45) is 0 Å². The quantitative estimate of drug-likeness (QED) is 0.804. The normalized spacial score (nSPS) is 12.0. The molecule has 1 N–H and O–H groups in total. The largest absolute Gasteiger partial charge is 0.305 e. The fourth-order valence-electron chi connectivity index (χ4n) is 0.924. The Morgan fingerprint density at radius 1 is 1.54 bits per heavy atom. The second kappa shape index (κ2) is 4.20. The van der Waals surface area contributed by atoms with Gasteiger partial charge in [-0.3, -0.25) is 0 Å². The highest BCUT2D eigenvalue weighted by Gasteiger charge is 2.13. The maximum absolute atomic E-state index is 4.40. The van der Waals surface area contributed by atoms with E-state index in [2.05, 4.69) is 36.5 Å². The summed E-state index contributed by atoms with van der Waals surface area (Å²) in [5.41, 5.74) is 1.34. The second-order valence-electron chi connectivity index (χ2n) is 3.97. The molecular formula is C10H18N2S. The van der Waals surface area contributed by atoms with Crippen molar-refractivity contribution in [2.45, 2.75) is 46.2 Å². The summed E-state index contributed by atoms with van der Waals surface area (Å²) < 4.78 is 0. The summed E-state index contributed by atoms with van der Waals surface area (Å²) in [5, 5.41) is 6.76. The maximum Gasteiger partial charge on any atom is 0.107 e. The number of aromatic nitrogens is 1. The van der Waals surface area contributed by atoms with E-state index in [1.54, 1.807) is 11.3 Å². The summed E-state index contributed by atoms with van der Waals surface area (Å²) in [5.74, 6) is 0. The number of thiazole rings is 1. The summed E-state index contributed by atoms with van der Waals surface area (Å²) in [6, 6.07) is 0. The van der Waals surface area contributed by atoms with Gasteiger partial charge >= 0.3 is 0 Å². The molecule has 0 saturated carbocycles. The van der Waals surface area contributed by atoms with Gasteiger partial charge in [0.25, 0.3) is 0 Å². The van der Waals surface area contributed by atoms with Gasteiger partial charge in [-0.25, -0.2) is 4.98 Å². The van der Waals surface area contributed by atoms with Crippen LogP contribution in [0.4, 0.5) is 0 Å². The summed E-state index contributed by atoms with van der Waals surface area (Å²) >= 11 is 1.73. The first-order chi connectivity index (χ1) is 6.03. The van der Waals surface area contributed by atoms with E-state index in [0.29, 0.717) is 0 Å². The number of nitrogens with one attached hydrogen (secondary N) is 1. The molecule has 0 saturated heterocycles. The van der Waals surface area contributed by atoms with Crippen molar-refractivity contribution in [1.82, 2.24) is 10.3 Å². The molecule has 0 aromatic carbocycles. The van der Waals surface area contributed by atoms with Crippen LogP contribution in [0.1, 0.15) is 37.9 Å². The van der Waals surface area contributed by atoms with Gasteiger partial charge in [-0.05, 0) is 27.2 Å². The van der Waals surface area contributed by atoms with E-state index in [-0.39, 0.29) is 5.54 Å². The molecule has 1 rings (SSSR count). The zero-order chi connectivity index (χ0) is 9.90. The van der Waals surface area contributed by atoms with Crippen LogP contribution in [-0.4, -0.2) is 10.5 Å². The molecule has 0 amide bonds. The standard InChI is InChI=1S/C10H18N2S/c1-5-10(3,4)11-6-9-12-8(2)7-13-9/h7,11H,5-6H2,1-4H3. The third-order valence-corrected chi connectivity index (χ3v) is 3.24. The zero-order valence-electron chi connectivity index (χ0n) is 8.85. The molecule has 0 bridgehead atoms. The van der Waals surface area contributed by atoms with Crippen molar-refractivity contribution >= 4 is 11.3 Å². The molecule has 0 fully saturated rings. The van der Waals surface area contributed by atoms with Crippen molar-refractivity contribution in [3.63, 3.8) is 0 Å². The maximum atomic E-state index is 4.40.